The second kappa shape index (κ2) is 7.89. The molecule has 0 bridgehead atoms. The van der Waals surface area contributed by atoms with Gasteiger partial charge in [-0.05, 0) is 43.2 Å². The fourth-order valence-electron chi connectivity index (χ4n) is 3.00. The van der Waals surface area contributed by atoms with Gasteiger partial charge in [0.05, 0.1) is 19.7 Å². The standard InChI is InChI=1S/C19H25F2N3O4/c1-11(2)7-14(18(26)27)22-16(25)13-5-6-15(24-9-19(20,21)10-24)17(23-13)28-8-12-3-4-12/h5-6,11-12,14H,3-4,7-10H2,1-2H3,(H,22,25)(H,26,27)/t14-/m0/s1. The van der Waals surface area contributed by atoms with Crippen LogP contribution in [0.5, 0.6) is 5.88 Å². The highest BCUT2D eigenvalue weighted by molar-refractivity contribution is 5.95. The molecule has 1 saturated heterocycles. The van der Waals surface area contributed by atoms with Crippen molar-refractivity contribution >= 4 is 17.6 Å². The molecule has 1 aromatic rings. The topological polar surface area (TPSA) is 91.8 Å². The summed E-state index contributed by atoms with van der Waals surface area (Å²) in [6, 6.07) is 1.90. The predicted molar refractivity (Wildman–Crippen MR) is 98.0 cm³/mol. The largest absolute Gasteiger partial charge is 0.480 e. The number of nitrogens with zero attached hydrogens (tertiary/aromatic N) is 2. The van der Waals surface area contributed by atoms with E-state index in [4.69, 9.17) is 4.74 Å². The summed E-state index contributed by atoms with van der Waals surface area (Å²) in [6.07, 6.45) is 2.38. The number of pyridine rings is 1. The zero-order valence-corrected chi connectivity index (χ0v) is 16.0. The molecule has 1 aliphatic carbocycles. The van der Waals surface area contributed by atoms with Crippen LogP contribution in [0, 0.1) is 11.8 Å². The van der Waals surface area contributed by atoms with Crippen molar-refractivity contribution in [2.24, 2.45) is 11.8 Å². The van der Waals surface area contributed by atoms with E-state index in [9.17, 15) is 23.5 Å². The highest BCUT2D eigenvalue weighted by Crippen LogP contribution is 2.37. The Morgan fingerprint density at radius 2 is 2.04 bits per heavy atom. The first-order valence-electron chi connectivity index (χ1n) is 9.45. The van der Waals surface area contributed by atoms with Gasteiger partial charge in [-0.2, -0.15) is 0 Å². The van der Waals surface area contributed by atoms with Crippen molar-refractivity contribution in [3.8, 4) is 5.88 Å². The third kappa shape index (κ3) is 5.08. The molecule has 154 valence electrons. The number of carbonyl (C=O) groups excluding carboxylic acids is 1. The number of alkyl halides is 2. The van der Waals surface area contributed by atoms with Gasteiger partial charge in [-0.3, -0.25) is 4.79 Å². The van der Waals surface area contributed by atoms with Crippen LogP contribution in [0.3, 0.4) is 0 Å². The lowest BCUT2D eigenvalue weighted by atomic mass is 10.0. The number of aromatic nitrogens is 1. The second-order valence-corrected chi connectivity index (χ2v) is 7.98. The Labute approximate surface area is 162 Å². The van der Waals surface area contributed by atoms with E-state index in [0.29, 0.717) is 18.2 Å². The predicted octanol–water partition coefficient (Wildman–Crippen LogP) is 2.55. The number of carboxylic acid groups (broad SMARTS) is 1. The molecule has 0 spiro atoms. The first-order chi connectivity index (χ1) is 13.1. The van der Waals surface area contributed by atoms with Gasteiger partial charge in [-0.1, -0.05) is 13.8 Å². The van der Waals surface area contributed by atoms with Crippen LogP contribution in [0.1, 0.15) is 43.6 Å². The molecule has 1 saturated carbocycles. The van der Waals surface area contributed by atoms with Crippen molar-refractivity contribution < 1.29 is 28.2 Å². The lowest BCUT2D eigenvalue weighted by Crippen LogP contribution is -2.56. The van der Waals surface area contributed by atoms with Gasteiger partial charge in [-0.25, -0.2) is 18.6 Å². The molecular formula is C19H25F2N3O4. The van der Waals surface area contributed by atoms with Crippen molar-refractivity contribution in [2.45, 2.75) is 45.1 Å². The lowest BCUT2D eigenvalue weighted by Gasteiger charge is -2.40. The molecule has 0 radical (unpaired) electrons. The lowest BCUT2D eigenvalue weighted by molar-refractivity contribution is -0.139. The third-order valence-corrected chi connectivity index (χ3v) is 4.72. The van der Waals surface area contributed by atoms with Crippen LogP contribution in [-0.4, -0.2) is 53.6 Å². The van der Waals surface area contributed by atoms with Crippen molar-refractivity contribution in [2.75, 3.05) is 24.6 Å². The molecule has 1 atom stereocenters. The number of nitrogens with one attached hydrogen (secondary N) is 1. The highest BCUT2D eigenvalue weighted by Gasteiger charge is 2.45. The van der Waals surface area contributed by atoms with Gasteiger partial charge in [0.1, 0.15) is 17.4 Å². The molecule has 2 aliphatic rings. The van der Waals surface area contributed by atoms with Crippen molar-refractivity contribution in [1.29, 1.82) is 0 Å². The van der Waals surface area contributed by atoms with E-state index < -0.39 is 36.9 Å². The van der Waals surface area contributed by atoms with Crippen molar-refractivity contribution in [3.05, 3.63) is 17.8 Å². The number of hydrogen-bond acceptors (Lipinski definition) is 5. The Kier molecular flexibility index (Phi) is 5.71. The average Bonchev–Trinajstić information content (AvgIpc) is 3.40. The highest BCUT2D eigenvalue weighted by atomic mass is 19.3. The molecule has 3 rings (SSSR count). The summed E-state index contributed by atoms with van der Waals surface area (Å²) >= 11 is 0. The van der Waals surface area contributed by atoms with Crippen LogP contribution in [-0.2, 0) is 4.79 Å². The van der Waals surface area contributed by atoms with E-state index in [1.165, 1.54) is 17.0 Å². The molecule has 2 fully saturated rings. The molecule has 0 aromatic carbocycles. The fraction of sp³-hybridized carbons (Fsp3) is 0.632. The van der Waals surface area contributed by atoms with Gasteiger partial charge < -0.3 is 20.1 Å². The summed E-state index contributed by atoms with van der Waals surface area (Å²) in [5.74, 6) is -3.85. The SMILES string of the molecule is CC(C)C[C@H](NC(=O)c1ccc(N2CC(F)(F)C2)c(OCC2CC2)n1)C(=O)O. The summed E-state index contributed by atoms with van der Waals surface area (Å²) < 4.78 is 32.2. The molecular weight excluding hydrogens is 372 g/mol. The Morgan fingerprint density at radius 3 is 2.57 bits per heavy atom. The summed E-state index contributed by atoms with van der Waals surface area (Å²) in [6.45, 7) is 3.30. The molecule has 1 aliphatic heterocycles. The molecule has 0 unspecified atom stereocenters. The molecule has 9 heteroatoms. The number of anilines is 1. The Hall–Kier alpha value is -2.45. The maximum absolute atomic E-state index is 13.2. The van der Waals surface area contributed by atoms with Gasteiger partial charge in [0, 0.05) is 0 Å². The number of carbonyl (C=O) groups is 2. The van der Waals surface area contributed by atoms with Gasteiger partial charge in [0.2, 0.25) is 5.88 Å². The molecule has 2 N–H and O–H groups in total. The number of hydrogen-bond donors (Lipinski definition) is 2. The summed E-state index contributed by atoms with van der Waals surface area (Å²) in [5.41, 5.74) is 0.414. The molecule has 2 heterocycles. The van der Waals surface area contributed by atoms with Gasteiger partial charge >= 0.3 is 5.97 Å². The van der Waals surface area contributed by atoms with Crippen LogP contribution in [0.25, 0.3) is 0 Å². The number of halogens is 2. The Balaban J connectivity index is 1.75. The Morgan fingerprint density at radius 1 is 1.36 bits per heavy atom. The summed E-state index contributed by atoms with van der Waals surface area (Å²) in [7, 11) is 0. The molecule has 28 heavy (non-hydrogen) atoms. The number of ether oxygens (including phenoxy) is 1. The normalized spacial score (nSPS) is 19.1. The summed E-state index contributed by atoms with van der Waals surface area (Å²) in [4.78, 5) is 29.5. The van der Waals surface area contributed by atoms with Crippen LogP contribution in [0.4, 0.5) is 14.5 Å². The minimum atomic E-state index is -2.74. The number of aliphatic carboxylic acids is 1. The first-order valence-corrected chi connectivity index (χ1v) is 9.45. The minimum absolute atomic E-state index is 0.00293. The average molecular weight is 397 g/mol. The molecule has 1 amide bonds. The van der Waals surface area contributed by atoms with E-state index in [1.807, 2.05) is 13.8 Å². The van der Waals surface area contributed by atoms with E-state index in [2.05, 4.69) is 10.3 Å². The van der Waals surface area contributed by atoms with E-state index in [0.717, 1.165) is 12.8 Å². The van der Waals surface area contributed by atoms with Crippen molar-refractivity contribution in [3.63, 3.8) is 0 Å². The zero-order valence-electron chi connectivity index (χ0n) is 16.0. The van der Waals surface area contributed by atoms with E-state index in [-0.39, 0.29) is 23.9 Å². The summed E-state index contributed by atoms with van der Waals surface area (Å²) in [5, 5.41) is 11.8. The molecule has 1 aromatic heterocycles. The van der Waals surface area contributed by atoms with Crippen LogP contribution < -0.4 is 15.0 Å². The van der Waals surface area contributed by atoms with Crippen LogP contribution >= 0.6 is 0 Å². The van der Waals surface area contributed by atoms with Crippen LogP contribution in [0.2, 0.25) is 0 Å². The minimum Gasteiger partial charge on any atom is -0.480 e. The molecule has 7 nitrogen and oxygen atoms in total. The van der Waals surface area contributed by atoms with Gasteiger partial charge in [0.15, 0.2) is 0 Å². The Bertz CT molecular complexity index is 745. The monoisotopic (exact) mass is 397 g/mol. The number of amides is 1. The second-order valence-electron chi connectivity index (χ2n) is 7.98. The van der Waals surface area contributed by atoms with Crippen molar-refractivity contribution in [1.82, 2.24) is 10.3 Å². The first kappa shape index (κ1) is 20.3. The fourth-order valence-corrected chi connectivity index (χ4v) is 3.00. The van der Waals surface area contributed by atoms with Crippen LogP contribution in [0.15, 0.2) is 12.1 Å². The maximum Gasteiger partial charge on any atom is 0.326 e. The third-order valence-electron chi connectivity index (χ3n) is 4.72. The smallest absolute Gasteiger partial charge is 0.326 e. The van der Waals surface area contributed by atoms with Gasteiger partial charge in [0.25, 0.3) is 11.8 Å². The zero-order chi connectivity index (χ0) is 20.5. The number of carboxylic acids is 1. The van der Waals surface area contributed by atoms with E-state index in [1.54, 1.807) is 0 Å². The van der Waals surface area contributed by atoms with Gasteiger partial charge in [-0.15, -0.1) is 0 Å². The van der Waals surface area contributed by atoms with E-state index >= 15 is 0 Å². The maximum atomic E-state index is 13.2. The quantitative estimate of drug-likeness (QED) is 0.665. The number of rotatable bonds is 9.